The fraction of sp³-hybridized carbons (Fsp3) is 0.500. The summed E-state index contributed by atoms with van der Waals surface area (Å²) in [4.78, 5) is 0.333. The lowest BCUT2D eigenvalue weighted by atomic mass is 10.2. The smallest absolute Gasteiger partial charge is 0.177 e. The van der Waals surface area contributed by atoms with E-state index in [1.807, 2.05) is 6.07 Å². The molecular weight excluding hydrogens is 258 g/mol. The van der Waals surface area contributed by atoms with Crippen LogP contribution in [-0.2, 0) is 9.84 Å². The predicted molar refractivity (Wildman–Crippen MR) is 70.4 cm³/mol. The van der Waals surface area contributed by atoms with Crippen LogP contribution in [0.2, 0.25) is 0 Å². The Balaban J connectivity index is 2.09. The quantitative estimate of drug-likeness (QED) is 0.839. The van der Waals surface area contributed by atoms with Crippen LogP contribution in [0.3, 0.4) is 0 Å². The summed E-state index contributed by atoms with van der Waals surface area (Å²) in [6.45, 7) is 0.610. The van der Waals surface area contributed by atoms with E-state index in [1.54, 1.807) is 18.2 Å². The van der Waals surface area contributed by atoms with E-state index in [-0.39, 0.29) is 5.38 Å². The van der Waals surface area contributed by atoms with Gasteiger partial charge in [0, 0.05) is 12.8 Å². The van der Waals surface area contributed by atoms with Crippen LogP contribution in [0, 0.1) is 5.92 Å². The standard InChI is InChI=1S/C12H16ClNO2S/c1-17(15,16)12-5-3-2-4-11(12)14-8-10(13)9-6-7-9/h2-5,9-10,14H,6-8H2,1H3. The van der Waals surface area contributed by atoms with Crippen molar-refractivity contribution in [3.8, 4) is 0 Å². The third-order valence-corrected chi connectivity index (χ3v) is 4.57. The number of hydrogen-bond donors (Lipinski definition) is 1. The first-order chi connectivity index (χ1) is 7.98. The fourth-order valence-corrected chi connectivity index (χ4v) is 2.96. The number of benzene rings is 1. The Bertz CT molecular complexity index is 497. The zero-order valence-corrected chi connectivity index (χ0v) is 11.3. The number of alkyl halides is 1. The molecule has 1 saturated carbocycles. The molecule has 5 heteroatoms. The number of hydrogen-bond acceptors (Lipinski definition) is 3. The van der Waals surface area contributed by atoms with Gasteiger partial charge in [-0.15, -0.1) is 11.6 Å². The second-order valence-corrected chi connectivity index (χ2v) is 7.05. The molecule has 0 spiro atoms. The number of halogens is 1. The minimum absolute atomic E-state index is 0.0858. The van der Waals surface area contributed by atoms with Gasteiger partial charge in [-0.2, -0.15) is 0 Å². The second kappa shape index (κ2) is 4.86. The van der Waals surface area contributed by atoms with Crippen LogP contribution in [-0.4, -0.2) is 26.6 Å². The molecule has 0 bridgehead atoms. The first-order valence-electron chi connectivity index (χ1n) is 5.65. The van der Waals surface area contributed by atoms with E-state index in [2.05, 4.69) is 5.32 Å². The fourth-order valence-electron chi connectivity index (χ4n) is 1.77. The molecule has 3 nitrogen and oxygen atoms in total. The minimum atomic E-state index is -3.19. The molecule has 1 aromatic carbocycles. The van der Waals surface area contributed by atoms with Crippen molar-refractivity contribution in [1.82, 2.24) is 0 Å². The Morgan fingerprint density at radius 1 is 1.41 bits per heavy atom. The largest absolute Gasteiger partial charge is 0.382 e. The van der Waals surface area contributed by atoms with Crippen molar-refractivity contribution in [1.29, 1.82) is 0 Å². The molecule has 17 heavy (non-hydrogen) atoms. The molecule has 0 amide bonds. The molecule has 1 N–H and O–H groups in total. The van der Waals surface area contributed by atoms with Crippen molar-refractivity contribution < 1.29 is 8.42 Å². The first-order valence-corrected chi connectivity index (χ1v) is 7.98. The van der Waals surface area contributed by atoms with Crippen LogP contribution in [0.5, 0.6) is 0 Å². The maximum absolute atomic E-state index is 11.6. The molecule has 94 valence electrons. The highest BCUT2D eigenvalue weighted by Gasteiger charge is 2.29. The predicted octanol–water partition coefficient (Wildman–Crippen LogP) is 2.52. The van der Waals surface area contributed by atoms with Crippen molar-refractivity contribution in [3.63, 3.8) is 0 Å². The SMILES string of the molecule is CS(=O)(=O)c1ccccc1NCC(Cl)C1CC1. The Morgan fingerprint density at radius 3 is 2.65 bits per heavy atom. The van der Waals surface area contributed by atoms with Gasteiger partial charge in [-0.25, -0.2) is 8.42 Å². The maximum Gasteiger partial charge on any atom is 0.177 e. The normalized spacial score (nSPS) is 17.8. The van der Waals surface area contributed by atoms with Crippen LogP contribution in [0.15, 0.2) is 29.2 Å². The lowest BCUT2D eigenvalue weighted by Crippen LogP contribution is -2.17. The average molecular weight is 274 g/mol. The van der Waals surface area contributed by atoms with Gasteiger partial charge in [-0.1, -0.05) is 12.1 Å². The summed E-state index contributed by atoms with van der Waals surface area (Å²) in [5.41, 5.74) is 0.640. The zero-order valence-electron chi connectivity index (χ0n) is 9.69. The molecule has 1 fully saturated rings. The van der Waals surface area contributed by atoms with E-state index >= 15 is 0 Å². The topological polar surface area (TPSA) is 46.2 Å². The van der Waals surface area contributed by atoms with Gasteiger partial charge in [-0.05, 0) is 30.9 Å². The van der Waals surface area contributed by atoms with Gasteiger partial charge in [-0.3, -0.25) is 0 Å². The zero-order chi connectivity index (χ0) is 12.5. The third-order valence-electron chi connectivity index (χ3n) is 2.91. The summed E-state index contributed by atoms with van der Waals surface area (Å²) in [7, 11) is -3.19. The van der Waals surface area contributed by atoms with Crippen molar-refractivity contribution in [2.75, 3.05) is 18.1 Å². The molecule has 0 radical (unpaired) electrons. The lowest BCUT2D eigenvalue weighted by molar-refractivity contribution is 0.602. The summed E-state index contributed by atoms with van der Waals surface area (Å²) < 4.78 is 23.1. The van der Waals surface area contributed by atoms with Gasteiger partial charge in [0.05, 0.1) is 16.0 Å². The van der Waals surface area contributed by atoms with E-state index in [0.717, 1.165) is 0 Å². The van der Waals surface area contributed by atoms with Crippen LogP contribution < -0.4 is 5.32 Å². The van der Waals surface area contributed by atoms with Crippen LogP contribution in [0.4, 0.5) is 5.69 Å². The molecule has 1 aromatic rings. The number of rotatable bonds is 5. The highest BCUT2D eigenvalue weighted by Crippen LogP contribution is 2.35. The third kappa shape index (κ3) is 3.36. The van der Waals surface area contributed by atoms with E-state index in [1.165, 1.54) is 19.1 Å². The maximum atomic E-state index is 11.6. The van der Waals surface area contributed by atoms with Crippen molar-refractivity contribution >= 4 is 27.1 Å². The van der Waals surface area contributed by atoms with Gasteiger partial charge in [0.25, 0.3) is 0 Å². The van der Waals surface area contributed by atoms with Crippen molar-refractivity contribution in [3.05, 3.63) is 24.3 Å². The first kappa shape index (κ1) is 12.7. The molecule has 0 aromatic heterocycles. The molecule has 1 aliphatic rings. The molecule has 0 saturated heterocycles. The van der Waals surface area contributed by atoms with E-state index < -0.39 is 9.84 Å². The molecule has 0 heterocycles. The summed E-state index contributed by atoms with van der Waals surface area (Å²) in [5.74, 6) is 0.592. The number of para-hydroxylation sites is 1. The van der Waals surface area contributed by atoms with Gasteiger partial charge < -0.3 is 5.32 Å². The van der Waals surface area contributed by atoms with E-state index in [4.69, 9.17) is 11.6 Å². The minimum Gasteiger partial charge on any atom is -0.382 e. The molecule has 1 aliphatic carbocycles. The number of sulfone groups is 1. The summed E-state index contributed by atoms with van der Waals surface area (Å²) in [6, 6.07) is 6.92. The Hall–Kier alpha value is -0.740. The van der Waals surface area contributed by atoms with Crippen LogP contribution in [0.1, 0.15) is 12.8 Å². The van der Waals surface area contributed by atoms with Crippen LogP contribution >= 0.6 is 11.6 Å². The highest BCUT2D eigenvalue weighted by atomic mass is 35.5. The van der Waals surface area contributed by atoms with Crippen LogP contribution in [0.25, 0.3) is 0 Å². The number of nitrogens with one attached hydrogen (secondary N) is 1. The van der Waals surface area contributed by atoms with Gasteiger partial charge in [0.15, 0.2) is 9.84 Å². The number of anilines is 1. The lowest BCUT2D eigenvalue weighted by Gasteiger charge is -2.13. The van der Waals surface area contributed by atoms with Gasteiger partial charge in [0.1, 0.15) is 0 Å². The molecule has 2 rings (SSSR count). The monoisotopic (exact) mass is 273 g/mol. The Labute approximate surface area is 107 Å². The van der Waals surface area contributed by atoms with E-state index in [0.29, 0.717) is 23.0 Å². The van der Waals surface area contributed by atoms with Gasteiger partial charge in [0.2, 0.25) is 0 Å². The second-order valence-electron chi connectivity index (χ2n) is 4.50. The molecule has 1 unspecified atom stereocenters. The summed E-state index contributed by atoms with van der Waals surface area (Å²) in [6.07, 6.45) is 3.58. The summed E-state index contributed by atoms with van der Waals surface area (Å²) in [5, 5.41) is 3.22. The van der Waals surface area contributed by atoms with Crippen molar-refractivity contribution in [2.24, 2.45) is 5.92 Å². The van der Waals surface area contributed by atoms with Gasteiger partial charge >= 0.3 is 0 Å². The molecule has 0 aliphatic heterocycles. The molecule has 1 atom stereocenters. The van der Waals surface area contributed by atoms with Crippen molar-refractivity contribution in [2.45, 2.75) is 23.1 Å². The Morgan fingerprint density at radius 2 is 2.06 bits per heavy atom. The summed E-state index contributed by atoms with van der Waals surface area (Å²) >= 11 is 6.18. The van der Waals surface area contributed by atoms with E-state index in [9.17, 15) is 8.42 Å². The highest BCUT2D eigenvalue weighted by molar-refractivity contribution is 7.90. The average Bonchev–Trinajstić information content (AvgIpc) is 3.08. The Kier molecular flexibility index (Phi) is 3.64. The molecular formula is C12H16ClNO2S.